The van der Waals surface area contributed by atoms with Crippen molar-refractivity contribution in [1.29, 1.82) is 0 Å². The monoisotopic (exact) mass is 516 g/mol. The lowest BCUT2D eigenvalue weighted by Crippen LogP contribution is -2.11. The number of ketones is 1. The van der Waals surface area contributed by atoms with E-state index in [1.807, 2.05) is 12.3 Å². The Labute approximate surface area is 205 Å². The Hall–Kier alpha value is -3.05. The smallest absolute Gasteiger partial charge is 0.277 e. The zero-order valence-electron chi connectivity index (χ0n) is 19.0. The number of Topliss-reactive ketones (excluding diaryl/α,β-unsaturated/α-hetero) is 1. The number of aryl methyl sites for hydroxylation is 1. The van der Waals surface area contributed by atoms with Gasteiger partial charge in [-0.15, -0.1) is 11.3 Å². The fourth-order valence-corrected chi connectivity index (χ4v) is 5.51. The van der Waals surface area contributed by atoms with Gasteiger partial charge in [-0.1, -0.05) is 6.07 Å². The molecule has 1 aromatic carbocycles. The Bertz CT molecular complexity index is 1480. The van der Waals surface area contributed by atoms with Crippen LogP contribution in [0.2, 0.25) is 0 Å². The van der Waals surface area contributed by atoms with Gasteiger partial charge in [0.15, 0.2) is 9.84 Å². The highest BCUT2D eigenvalue weighted by molar-refractivity contribution is 7.90. The number of benzene rings is 1. The normalized spacial score (nSPS) is 15.3. The molecular weight excluding hydrogens is 494 g/mol. The summed E-state index contributed by atoms with van der Waals surface area (Å²) in [7, 11) is -3.66. The second-order valence-electron chi connectivity index (χ2n) is 8.81. The Balaban J connectivity index is 1.56. The summed E-state index contributed by atoms with van der Waals surface area (Å²) in [5.74, 6) is 0.101. The highest BCUT2D eigenvalue weighted by atomic mass is 32.2. The number of hydrogen-bond donors (Lipinski definition) is 1. The van der Waals surface area contributed by atoms with E-state index in [1.54, 1.807) is 24.3 Å². The van der Waals surface area contributed by atoms with Crippen LogP contribution in [-0.4, -0.2) is 42.6 Å². The van der Waals surface area contributed by atoms with Gasteiger partial charge in [0.25, 0.3) is 6.43 Å². The average Bonchev–Trinajstić information content (AvgIpc) is 3.41. The van der Waals surface area contributed by atoms with E-state index in [-0.39, 0.29) is 46.5 Å². The summed E-state index contributed by atoms with van der Waals surface area (Å²) in [6.07, 6.45) is 0.0619. The van der Waals surface area contributed by atoms with Crippen molar-refractivity contribution < 1.29 is 22.0 Å². The molecule has 1 N–H and O–H groups in total. The van der Waals surface area contributed by atoms with Crippen LogP contribution in [0, 0.1) is 12.8 Å². The molecule has 11 heteroatoms. The lowest BCUT2D eigenvalue weighted by atomic mass is 10.1. The minimum atomic E-state index is -3.66. The van der Waals surface area contributed by atoms with Crippen molar-refractivity contribution >= 4 is 49.7 Å². The number of aliphatic imine (C=N–C) groups is 1. The molecule has 1 saturated carbocycles. The minimum Gasteiger partial charge on any atom is -0.353 e. The zero-order valence-corrected chi connectivity index (χ0v) is 20.6. The van der Waals surface area contributed by atoms with Crippen molar-refractivity contribution in [2.75, 3.05) is 11.6 Å². The molecule has 0 bridgehead atoms. The molecule has 0 atom stereocenters. The first-order chi connectivity index (χ1) is 16.6. The van der Waals surface area contributed by atoms with Gasteiger partial charge in [-0.25, -0.2) is 27.2 Å². The molecule has 0 spiro atoms. The van der Waals surface area contributed by atoms with Crippen LogP contribution in [0.25, 0.3) is 11.3 Å². The summed E-state index contributed by atoms with van der Waals surface area (Å²) >= 11 is 1.46. The number of pyridine rings is 1. The van der Waals surface area contributed by atoms with Gasteiger partial charge in [0, 0.05) is 36.0 Å². The van der Waals surface area contributed by atoms with Gasteiger partial charge < -0.3 is 5.32 Å². The van der Waals surface area contributed by atoms with Crippen LogP contribution in [0.4, 0.5) is 25.8 Å². The predicted molar refractivity (Wildman–Crippen MR) is 131 cm³/mol. The van der Waals surface area contributed by atoms with Crippen LogP contribution in [-0.2, 0) is 27.5 Å². The SMILES string of the molecule is Cc1nc(-c2ccc(Nc3cc(CC(=O)C4CC4)nc4c3N=C(C(F)F)C4)c(S(C)(=O)=O)c2)cs1. The second kappa shape index (κ2) is 8.87. The van der Waals surface area contributed by atoms with E-state index >= 15 is 0 Å². The number of nitrogens with one attached hydrogen (secondary N) is 1. The standard InChI is InChI=1S/C24H22F2N4O3S2/c1-12-27-20(11-34-12)14-5-6-16(22(7-14)35(2,32)33)29-17-8-15(9-21(31)13-3-4-13)28-18-10-19(24(25)26)30-23(17)18/h5-8,11,13,24H,3-4,9-10H2,1-2H3,(H,28,29). The molecule has 0 amide bonds. The van der Waals surface area contributed by atoms with E-state index in [2.05, 4.69) is 20.3 Å². The van der Waals surface area contributed by atoms with Gasteiger partial charge in [0.1, 0.15) is 11.5 Å². The van der Waals surface area contributed by atoms with Crippen LogP contribution < -0.4 is 5.32 Å². The van der Waals surface area contributed by atoms with Crippen molar-refractivity contribution in [3.63, 3.8) is 0 Å². The summed E-state index contributed by atoms with van der Waals surface area (Å²) < 4.78 is 52.1. The fourth-order valence-electron chi connectivity index (χ4n) is 4.02. The minimum absolute atomic E-state index is 0.0353. The van der Waals surface area contributed by atoms with Gasteiger partial charge in [0.05, 0.1) is 44.1 Å². The number of nitrogens with zero attached hydrogens (tertiary/aromatic N) is 3. The number of carbonyl (C=O) groups is 1. The zero-order chi connectivity index (χ0) is 24.9. The molecule has 0 unspecified atom stereocenters. The number of hydrogen-bond acceptors (Lipinski definition) is 8. The van der Waals surface area contributed by atoms with Crippen LogP contribution in [0.5, 0.6) is 0 Å². The molecule has 0 saturated heterocycles. The number of fused-ring (bicyclic) bond motifs is 1. The first-order valence-electron chi connectivity index (χ1n) is 11.0. The van der Waals surface area contributed by atoms with Crippen LogP contribution in [0.1, 0.15) is 29.2 Å². The molecule has 3 heterocycles. The van der Waals surface area contributed by atoms with Crippen LogP contribution in [0.3, 0.4) is 0 Å². The molecule has 5 rings (SSSR count). The first-order valence-corrected chi connectivity index (χ1v) is 13.8. The van der Waals surface area contributed by atoms with E-state index < -0.39 is 16.3 Å². The maximum absolute atomic E-state index is 13.4. The number of sulfone groups is 1. The molecule has 3 aromatic rings. The molecule has 1 aliphatic carbocycles. The summed E-state index contributed by atoms with van der Waals surface area (Å²) in [4.78, 5) is 25.4. The average molecular weight is 517 g/mol. The van der Waals surface area contributed by atoms with E-state index in [0.29, 0.717) is 28.3 Å². The number of thiazole rings is 1. The van der Waals surface area contributed by atoms with Crippen molar-refractivity contribution in [3.8, 4) is 11.3 Å². The maximum atomic E-state index is 13.4. The predicted octanol–water partition coefficient (Wildman–Crippen LogP) is 5.08. The number of anilines is 2. The third-order valence-corrected chi connectivity index (χ3v) is 7.84. The summed E-state index contributed by atoms with van der Waals surface area (Å²) in [6.45, 7) is 1.87. The number of halogens is 2. The molecule has 2 aromatic heterocycles. The van der Waals surface area contributed by atoms with E-state index in [4.69, 9.17) is 0 Å². The molecule has 35 heavy (non-hydrogen) atoms. The van der Waals surface area contributed by atoms with Gasteiger partial charge >= 0.3 is 0 Å². The fraction of sp³-hybridized carbons (Fsp3) is 0.333. The van der Waals surface area contributed by atoms with Crippen molar-refractivity contribution in [2.45, 2.75) is 43.9 Å². The van der Waals surface area contributed by atoms with E-state index in [9.17, 15) is 22.0 Å². The third-order valence-electron chi connectivity index (χ3n) is 5.93. The largest absolute Gasteiger partial charge is 0.353 e. The van der Waals surface area contributed by atoms with Crippen LogP contribution in [0.15, 0.2) is 39.5 Å². The number of alkyl halides is 2. The summed E-state index contributed by atoms with van der Waals surface area (Å²) in [5.41, 5.74) is 2.65. The Morgan fingerprint density at radius 3 is 2.60 bits per heavy atom. The Morgan fingerprint density at radius 2 is 1.97 bits per heavy atom. The topological polar surface area (TPSA) is 101 Å². The van der Waals surface area contributed by atoms with E-state index in [0.717, 1.165) is 24.1 Å². The maximum Gasteiger partial charge on any atom is 0.277 e. The van der Waals surface area contributed by atoms with Crippen molar-refractivity contribution in [2.24, 2.45) is 10.9 Å². The lowest BCUT2D eigenvalue weighted by molar-refractivity contribution is -0.119. The summed E-state index contributed by atoms with van der Waals surface area (Å²) in [5, 5.41) is 5.79. The Kier molecular flexibility index (Phi) is 6.00. The quantitative estimate of drug-likeness (QED) is 0.448. The van der Waals surface area contributed by atoms with Crippen molar-refractivity contribution in [1.82, 2.24) is 9.97 Å². The van der Waals surface area contributed by atoms with Gasteiger partial charge in [-0.3, -0.25) is 9.78 Å². The molecule has 182 valence electrons. The number of rotatable bonds is 8. The van der Waals surface area contributed by atoms with E-state index in [1.165, 1.54) is 11.3 Å². The molecule has 0 radical (unpaired) electrons. The first kappa shape index (κ1) is 23.7. The molecule has 7 nitrogen and oxygen atoms in total. The van der Waals surface area contributed by atoms with Crippen molar-refractivity contribution in [3.05, 3.63) is 46.0 Å². The second-order valence-corrected chi connectivity index (χ2v) is 11.9. The van der Waals surface area contributed by atoms with Gasteiger partial charge in [-0.2, -0.15) is 0 Å². The molecule has 1 aliphatic heterocycles. The third kappa shape index (κ3) is 5.01. The highest BCUT2D eigenvalue weighted by Crippen LogP contribution is 2.40. The molecule has 1 fully saturated rings. The van der Waals surface area contributed by atoms with Gasteiger partial charge in [0.2, 0.25) is 0 Å². The Morgan fingerprint density at radius 1 is 1.20 bits per heavy atom. The number of aromatic nitrogens is 2. The highest BCUT2D eigenvalue weighted by Gasteiger charge is 2.31. The number of carbonyl (C=O) groups excluding carboxylic acids is 1. The van der Waals surface area contributed by atoms with Gasteiger partial charge in [-0.05, 0) is 38.0 Å². The molecule has 2 aliphatic rings. The lowest BCUT2D eigenvalue weighted by Gasteiger charge is -2.15. The molecular formula is C24H22F2N4O3S2. The summed E-state index contributed by atoms with van der Waals surface area (Å²) in [6, 6.07) is 6.51. The van der Waals surface area contributed by atoms with Crippen LogP contribution >= 0.6 is 11.3 Å².